The molecule has 1 fully saturated rings. The van der Waals surface area contributed by atoms with Crippen molar-refractivity contribution in [3.05, 3.63) is 0 Å². The van der Waals surface area contributed by atoms with Gasteiger partial charge in [-0.3, -0.25) is 4.90 Å². The molecular weight excluding hydrogens is 196 g/mol. The molecule has 2 nitrogen and oxygen atoms in total. The number of piperidine rings is 1. The fraction of sp³-hybridized carbons (Fsp3) is 1.00. The van der Waals surface area contributed by atoms with E-state index >= 15 is 0 Å². The van der Waals surface area contributed by atoms with E-state index < -0.39 is 0 Å². The van der Waals surface area contributed by atoms with Crippen molar-refractivity contribution in [1.82, 2.24) is 10.2 Å². The molecular formula is C14H30N2. The van der Waals surface area contributed by atoms with Gasteiger partial charge in [-0.05, 0) is 44.8 Å². The van der Waals surface area contributed by atoms with E-state index in [-0.39, 0.29) is 0 Å². The van der Waals surface area contributed by atoms with Gasteiger partial charge in [0.05, 0.1) is 0 Å². The third kappa shape index (κ3) is 4.42. The monoisotopic (exact) mass is 226 g/mol. The Hall–Kier alpha value is -0.0800. The molecule has 1 aliphatic rings. The van der Waals surface area contributed by atoms with Crippen LogP contribution in [0, 0.1) is 5.92 Å². The normalized spacial score (nSPS) is 21.2. The number of likely N-dealkylation sites (N-methyl/N-ethyl adjacent to an activating group) is 1. The van der Waals surface area contributed by atoms with Gasteiger partial charge in [0.2, 0.25) is 0 Å². The van der Waals surface area contributed by atoms with Gasteiger partial charge in [0.25, 0.3) is 0 Å². The number of nitrogens with one attached hydrogen (secondary N) is 1. The highest BCUT2D eigenvalue weighted by Crippen LogP contribution is 2.22. The summed E-state index contributed by atoms with van der Waals surface area (Å²) < 4.78 is 0. The summed E-state index contributed by atoms with van der Waals surface area (Å²) in [7, 11) is 0. The Morgan fingerprint density at radius 1 is 1.19 bits per heavy atom. The molecule has 0 aromatic heterocycles. The molecule has 0 aromatic rings. The first-order chi connectivity index (χ1) is 7.81. The zero-order valence-corrected chi connectivity index (χ0v) is 11.5. The molecule has 1 saturated heterocycles. The first kappa shape index (κ1) is 14.0. The molecule has 16 heavy (non-hydrogen) atoms. The summed E-state index contributed by atoms with van der Waals surface area (Å²) in [5.41, 5.74) is 0. The Morgan fingerprint density at radius 3 is 2.38 bits per heavy atom. The minimum atomic E-state index is 0.780. The summed E-state index contributed by atoms with van der Waals surface area (Å²) in [5.74, 6) is 0.998. The maximum Gasteiger partial charge on any atom is 0.0220 e. The molecule has 96 valence electrons. The second-order valence-corrected chi connectivity index (χ2v) is 5.14. The molecule has 0 aliphatic carbocycles. The first-order valence-electron chi connectivity index (χ1n) is 7.26. The van der Waals surface area contributed by atoms with Gasteiger partial charge in [-0.15, -0.1) is 0 Å². The minimum Gasteiger partial charge on any atom is -0.315 e. The van der Waals surface area contributed by atoms with E-state index in [1.54, 1.807) is 0 Å². The van der Waals surface area contributed by atoms with Crippen LogP contribution in [-0.4, -0.2) is 37.1 Å². The molecule has 1 heterocycles. The van der Waals surface area contributed by atoms with Gasteiger partial charge in [0.1, 0.15) is 0 Å². The molecule has 0 radical (unpaired) electrons. The van der Waals surface area contributed by atoms with Gasteiger partial charge in [0.15, 0.2) is 0 Å². The number of hydrogen-bond acceptors (Lipinski definition) is 2. The van der Waals surface area contributed by atoms with Crippen LogP contribution in [0.4, 0.5) is 0 Å². The average molecular weight is 226 g/mol. The summed E-state index contributed by atoms with van der Waals surface area (Å²) in [6, 6.07) is 0.780. The fourth-order valence-corrected chi connectivity index (χ4v) is 2.78. The van der Waals surface area contributed by atoms with Gasteiger partial charge in [0, 0.05) is 12.6 Å². The number of nitrogens with zero attached hydrogens (tertiary/aromatic N) is 1. The van der Waals surface area contributed by atoms with Crippen LogP contribution < -0.4 is 5.32 Å². The molecule has 1 unspecified atom stereocenters. The molecule has 1 aliphatic heterocycles. The van der Waals surface area contributed by atoms with Crippen LogP contribution in [0.1, 0.15) is 52.9 Å². The van der Waals surface area contributed by atoms with Crippen molar-refractivity contribution in [3.63, 3.8) is 0 Å². The lowest BCUT2D eigenvalue weighted by Gasteiger charge is -2.37. The van der Waals surface area contributed by atoms with E-state index in [4.69, 9.17) is 0 Å². The molecule has 1 atom stereocenters. The van der Waals surface area contributed by atoms with Crippen LogP contribution in [0.5, 0.6) is 0 Å². The Balaban J connectivity index is 2.33. The lowest BCUT2D eigenvalue weighted by atomic mass is 9.93. The molecule has 0 saturated carbocycles. The topological polar surface area (TPSA) is 15.3 Å². The van der Waals surface area contributed by atoms with E-state index in [0.29, 0.717) is 0 Å². The summed E-state index contributed by atoms with van der Waals surface area (Å²) >= 11 is 0. The quantitative estimate of drug-likeness (QED) is 0.718. The minimum absolute atomic E-state index is 0.780. The van der Waals surface area contributed by atoms with Crippen LogP contribution in [0.3, 0.4) is 0 Å². The highest BCUT2D eigenvalue weighted by Gasteiger charge is 2.23. The zero-order chi connectivity index (χ0) is 11.8. The van der Waals surface area contributed by atoms with E-state index in [0.717, 1.165) is 18.5 Å². The van der Waals surface area contributed by atoms with Crippen molar-refractivity contribution in [3.8, 4) is 0 Å². The van der Waals surface area contributed by atoms with Crippen LogP contribution in [-0.2, 0) is 0 Å². The lowest BCUT2D eigenvalue weighted by Crippen LogP contribution is -2.46. The Morgan fingerprint density at radius 2 is 1.88 bits per heavy atom. The van der Waals surface area contributed by atoms with Crippen LogP contribution in [0.25, 0.3) is 0 Å². The SMILES string of the molecule is CCCC(CNCC)N1CCC(CC)CC1. The third-order valence-corrected chi connectivity index (χ3v) is 3.99. The fourth-order valence-electron chi connectivity index (χ4n) is 2.78. The van der Waals surface area contributed by atoms with Crippen molar-refractivity contribution in [2.75, 3.05) is 26.2 Å². The smallest absolute Gasteiger partial charge is 0.0220 e. The highest BCUT2D eigenvalue weighted by atomic mass is 15.2. The highest BCUT2D eigenvalue weighted by molar-refractivity contribution is 4.79. The van der Waals surface area contributed by atoms with Gasteiger partial charge >= 0.3 is 0 Å². The summed E-state index contributed by atoms with van der Waals surface area (Å²) in [4.78, 5) is 2.72. The van der Waals surface area contributed by atoms with Crippen molar-refractivity contribution in [2.45, 2.75) is 58.9 Å². The van der Waals surface area contributed by atoms with E-state index in [1.165, 1.54) is 51.7 Å². The number of likely N-dealkylation sites (tertiary alicyclic amines) is 1. The maximum atomic E-state index is 3.51. The molecule has 1 N–H and O–H groups in total. The van der Waals surface area contributed by atoms with Crippen molar-refractivity contribution in [1.29, 1.82) is 0 Å². The van der Waals surface area contributed by atoms with Gasteiger partial charge in [-0.25, -0.2) is 0 Å². The van der Waals surface area contributed by atoms with Crippen LogP contribution >= 0.6 is 0 Å². The van der Waals surface area contributed by atoms with Crippen molar-refractivity contribution in [2.24, 2.45) is 5.92 Å². The second-order valence-electron chi connectivity index (χ2n) is 5.14. The molecule has 0 bridgehead atoms. The Bertz CT molecular complexity index is 162. The van der Waals surface area contributed by atoms with Crippen molar-refractivity contribution < 1.29 is 0 Å². The second kappa shape index (κ2) is 8.08. The van der Waals surface area contributed by atoms with Gasteiger partial charge in [-0.1, -0.05) is 33.6 Å². The molecule has 2 heteroatoms. The summed E-state index contributed by atoms with van der Waals surface area (Å²) in [6.07, 6.45) is 6.87. The Kier molecular flexibility index (Phi) is 7.06. The largest absolute Gasteiger partial charge is 0.315 e. The maximum absolute atomic E-state index is 3.51. The average Bonchev–Trinajstić information content (AvgIpc) is 2.35. The van der Waals surface area contributed by atoms with E-state index in [9.17, 15) is 0 Å². The standard InChI is InChI=1S/C14H30N2/c1-4-7-14(12-15-6-3)16-10-8-13(5-2)9-11-16/h13-15H,4-12H2,1-3H3. The summed E-state index contributed by atoms with van der Waals surface area (Å²) in [6.45, 7) is 11.8. The first-order valence-corrected chi connectivity index (χ1v) is 7.26. The third-order valence-electron chi connectivity index (χ3n) is 3.99. The van der Waals surface area contributed by atoms with Gasteiger partial charge < -0.3 is 5.32 Å². The van der Waals surface area contributed by atoms with E-state index in [2.05, 4.69) is 31.0 Å². The van der Waals surface area contributed by atoms with Gasteiger partial charge in [-0.2, -0.15) is 0 Å². The van der Waals surface area contributed by atoms with Crippen LogP contribution in [0.2, 0.25) is 0 Å². The zero-order valence-electron chi connectivity index (χ0n) is 11.5. The summed E-state index contributed by atoms with van der Waals surface area (Å²) in [5, 5.41) is 3.51. The van der Waals surface area contributed by atoms with Crippen molar-refractivity contribution >= 4 is 0 Å². The van der Waals surface area contributed by atoms with E-state index in [1.807, 2.05) is 0 Å². The number of hydrogen-bond donors (Lipinski definition) is 1. The molecule has 0 spiro atoms. The lowest BCUT2D eigenvalue weighted by molar-refractivity contribution is 0.123. The molecule has 0 amide bonds. The molecule has 0 aromatic carbocycles. The molecule has 1 rings (SSSR count). The number of rotatable bonds is 7. The van der Waals surface area contributed by atoms with Crippen LogP contribution in [0.15, 0.2) is 0 Å². The predicted octanol–water partition coefficient (Wildman–Crippen LogP) is 2.89. The predicted molar refractivity (Wildman–Crippen MR) is 71.8 cm³/mol. The Labute approximate surface area is 102 Å².